The number of carbonyl (C=O) groups is 1. The second kappa shape index (κ2) is 7.73. The topological polar surface area (TPSA) is 38.8 Å². The summed E-state index contributed by atoms with van der Waals surface area (Å²) < 4.78 is 50.9. The van der Waals surface area contributed by atoms with Crippen LogP contribution in [-0.4, -0.2) is 30.3 Å². The minimum Gasteiger partial charge on any atom is -0.454 e. The Morgan fingerprint density at radius 1 is 1.11 bits per heavy atom. The highest BCUT2D eigenvalue weighted by molar-refractivity contribution is 5.96. The molecule has 4 nitrogen and oxygen atoms in total. The van der Waals surface area contributed by atoms with Crippen LogP contribution in [0.4, 0.5) is 13.2 Å². The van der Waals surface area contributed by atoms with Crippen LogP contribution in [0, 0.1) is 0 Å². The zero-order chi connectivity index (χ0) is 19.4. The first-order chi connectivity index (χ1) is 12.9. The third-order valence-corrected chi connectivity index (χ3v) is 4.16. The lowest BCUT2D eigenvalue weighted by molar-refractivity contribution is -0.126. The molecule has 2 aromatic carbocycles. The molecule has 27 heavy (non-hydrogen) atoms. The van der Waals surface area contributed by atoms with Gasteiger partial charge in [-0.15, -0.1) is 0 Å². The second-order valence-corrected chi connectivity index (χ2v) is 5.96. The lowest BCUT2D eigenvalue weighted by Crippen LogP contribution is -2.29. The van der Waals surface area contributed by atoms with Gasteiger partial charge in [-0.05, 0) is 30.2 Å². The highest BCUT2D eigenvalue weighted by atomic mass is 19.4. The van der Waals surface area contributed by atoms with Gasteiger partial charge in [0.05, 0.1) is 5.57 Å². The number of benzene rings is 2. The van der Waals surface area contributed by atoms with Crippen LogP contribution in [0.15, 0.2) is 54.6 Å². The summed E-state index contributed by atoms with van der Waals surface area (Å²) in [4.78, 5) is 13.9. The van der Waals surface area contributed by atoms with Crippen LogP contribution in [0.1, 0.15) is 18.1 Å². The van der Waals surface area contributed by atoms with Gasteiger partial charge >= 0.3 is 6.18 Å². The Morgan fingerprint density at radius 2 is 1.81 bits per heavy atom. The maximum atomic E-state index is 13.4. The molecule has 0 bridgehead atoms. The van der Waals surface area contributed by atoms with Gasteiger partial charge < -0.3 is 14.4 Å². The molecule has 2 aromatic rings. The zero-order valence-corrected chi connectivity index (χ0v) is 14.6. The Kier molecular flexibility index (Phi) is 5.39. The molecule has 0 fully saturated rings. The smallest absolute Gasteiger partial charge is 0.417 e. The molecule has 0 N–H and O–H groups in total. The molecular weight excluding hydrogens is 359 g/mol. The van der Waals surface area contributed by atoms with Crippen LogP contribution >= 0.6 is 0 Å². The molecule has 0 radical (unpaired) electrons. The van der Waals surface area contributed by atoms with Crippen molar-refractivity contribution in [3.05, 3.63) is 65.7 Å². The number of ether oxygens (including phenoxy) is 2. The molecule has 0 spiro atoms. The first kappa shape index (κ1) is 18.8. The zero-order valence-electron chi connectivity index (χ0n) is 14.6. The molecule has 3 rings (SSSR count). The van der Waals surface area contributed by atoms with E-state index in [2.05, 4.69) is 0 Å². The third kappa shape index (κ3) is 4.42. The monoisotopic (exact) mass is 377 g/mol. The molecule has 0 aromatic heterocycles. The maximum Gasteiger partial charge on any atom is 0.417 e. The molecule has 0 saturated heterocycles. The van der Waals surface area contributed by atoms with E-state index >= 15 is 0 Å². The Bertz CT molecular complexity index is 847. The summed E-state index contributed by atoms with van der Waals surface area (Å²) >= 11 is 0. The third-order valence-electron chi connectivity index (χ3n) is 4.16. The fourth-order valence-corrected chi connectivity index (χ4v) is 2.77. The van der Waals surface area contributed by atoms with Crippen molar-refractivity contribution in [2.75, 3.05) is 13.3 Å². The van der Waals surface area contributed by atoms with Crippen LogP contribution in [-0.2, 0) is 11.3 Å². The van der Waals surface area contributed by atoms with Gasteiger partial charge in [0.1, 0.15) is 0 Å². The van der Waals surface area contributed by atoms with Gasteiger partial charge in [-0.3, -0.25) is 4.79 Å². The first-order valence-corrected chi connectivity index (χ1v) is 8.40. The van der Waals surface area contributed by atoms with Crippen molar-refractivity contribution in [2.24, 2.45) is 0 Å². The van der Waals surface area contributed by atoms with Crippen LogP contribution in [0.25, 0.3) is 5.57 Å². The fraction of sp³-hybridized carbons (Fsp3) is 0.250. The predicted molar refractivity (Wildman–Crippen MR) is 94.1 cm³/mol. The van der Waals surface area contributed by atoms with Crippen molar-refractivity contribution < 1.29 is 27.4 Å². The average Bonchev–Trinajstić information content (AvgIpc) is 3.11. The highest BCUT2D eigenvalue weighted by Gasteiger charge is 2.35. The lowest BCUT2D eigenvalue weighted by atomic mass is 10.0. The molecule has 0 aliphatic carbocycles. The number of alkyl halides is 3. The van der Waals surface area contributed by atoms with Crippen molar-refractivity contribution in [3.8, 4) is 11.5 Å². The van der Waals surface area contributed by atoms with Crippen LogP contribution < -0.4 is 9.47 Å². The number of nitrogens with zero attached hydrogens (tertiary/aromatic N) is 1. The van der Waals surface area contributed by atoms with Gasteiger partial charge in [-0.25, -0.2) is 0 Å². The SMILES string of the molecule is CCN(Cc1ccc2c(c1)OCO2)C(=O)/C=C(\c1ccccc1)C(F)(F)F. The number of likely N-dealkylation sites (N-methyl/N-ethyl adjacent to an activating group) is 1. The normalized spacial score (nSPS) is 13.6. The van der Waals surface area contributed by atoms with E-state index < -0.39 is 17.7 Å². The number of carbonyl (C=O) groups excluding carboxylic acids is 1. The molecule has 1 aliphatic rings. The van der Waals surface area contributed by atoms with Crippen molar-refractivity contribution in [1.82, 2.24) is 4.90 Å². The van der Waals surface area contributed by atoms with Crippen LogP contribution in [0.3, 0.4) is 0 Å². The van der Waals surface area contributed by atoms with Crippen LogP contribution in [0.2, 0.25) is 0 Å². The molecule has 1 aliphatic heterocycles. The van der Waals surface area contributed by atoms with Gasteiger partial charge in [-0.1, -0.05) is 36.4 Å². The van der Waals surface area contributed by atoms with E-state index in [-0.39, 0.29) is 25.4 Å². The molecular formula is C20H18F3NO3. The first-order valence-electron chi connectivity index (χ1n) is 8.40. The maximum absolute atomic E-state index is 13.4. The molecule has 1 amide bonds. The Labute approximate surface area is 154 Å². The second-order valence-electron chi connectivity index (χ2n) is 5.96. The highest BCUT2D eigenvalue weighted by Crippen LogP contribution is 2.35. The summed E-state index contributed by atoms with van der Waals surface area (Å²) in [6.45, 7) is 2.28. The summed E-state index contributed by atoms with van der Waals surface area (Å²) in [7, 11) is 0. The largest absolute Gasteiger partial charge is 0.454 e. The summed E-state index contributed by atoms with van der Waals surface area (Å²) in [5.74, 6) is 0.467. The lowest BCUT2D eigenvalue weighted by Gasteiger charge is -2.21. The number of halogens is 3. The van der Waals surface area contributed by atoms with Gasteiger partial charge in [0.2, 0.25) is 12.7 Å². The quantitative estimate of drug-likeness (QED) is 0.725. The predicted octanol–water partition coefficient (Wildman–Crippen LogP) is 4.41. The van der Waals surface area contributed by atoms with E-state index in [1.165, 1.54) is 29.2 Å². The number of rotatable bonds is 5. The number of allylic oxidation sites excluding steroid dienone is 1. The summed E-state index contributed by atoms with van der Waals surface area (Å²) in [6, 6.07) is 12.5. The summed E-state index contributed by atoms with van der Waals surface area (Å²) in [5, 5.41) is 0. The fourth-order valence-electron chi connectivity index (χ4n) is 2.77. The summed E-state index contributed by atoms with van der Waals surface area (Å²) in [6.07, 6.45) is -3.97. The molecule has 142 valence electrons. The Balaban J connectivity index is 1.83. The minimum atomic E-state index is -4.63. The van der Waals surface area contributed by atoms with Gasteiger partial charge in [0.25, 0.3) is 0 Å². The summed E-state index contributed by atoms with van der Waals surface area (Å²) in [5.41, 5.74) is -0.258. The van der Waals surface area contributed by atoms with Crippen molar-refractivity contribution >= 4 is 11.5 Å². The standard InChI is InChI=1S/C20H18F3NO3/c1-2-24(12-14-8-9-17-18(10-14)27-13-26-17)19(25)11-16(20(21,22)23)15-6-4-3-5-7-15/h3-11H,2,12-13H2,1H3/b16-11+. The van der Waals surface area contributed by atoms with E-state index in [9.17, 15) is 18.0 Å². The number of fused-ring (bicyclic) bond motifs is 1. The molecule has 0 unspecified atom stereocenters. The Morgan fingerprint density at radius 3 is 2.48 bits per heavy atom. The van der Waals surface area contributed by atoms with E-state index in [1.54, 1.807) is 31.2 Å². The van der Waals surface area contributed by atoms with E-state index in [0.29, 0.717) is 17.6 Å². The molecule has 0 atom stereocenters. The van der Waals surface area contributed by atoms with Gasteiger partial charge in [0, 0.05) is 19.2 Å². The number of amides is 1. The number of hydrogen-bond donors (Lipinski definition) is 0. The number of hydrogen-bond acceptors (Lipinski definition) is 3. The van der Waals surface area contributed by atoms with Crippen LogP contribution in [0.5, 0.6) is 11.5 Å². The van der Waals surface area contributed by atoms with Gasteiger partial charge in [-0.2, -0.15) is 13.2 Å². The molecule has 1 heterocycles. The van der Waals surface area contributed by atoms with Crippen molar-refractivity contribution in [1.29, 1.82) is 0 Å². The average molecular weight is 377 g/mol. The molecule has 0 saturated carbocycles. The van der Waals surface area contributed by atoms with Crippen molar-refractivity contribution in [2.45, 2.75) is 19.6 Å². The van der Waals surface area contributed by atoms with E-state index in [1.807, 2.05) is 0 Å². The van der Waals surface area contributed by atoms with Gasteiger partial charge in [0.15, 0.2) is 11.5 Å². The Hall–Kier alpha value is -2.96. The molecule has 7 heteroatoms. The minimum absolute atomic E-state index is 0.0440. The van der Waals surface area contributed by atoms with Crippen molar-refractivity contribution in [3.63, 3.8) is 0 Å². The van der Waals surface area contributed by atoms with E-state index in [0.717, 1.165) is 5.56 Å². The van der Waals surface area contributed by atoms with E-state index in [4.69, 9.17) is 9.47 Å².